The van der Waals surface area contributed by atoms with Crippen molar-refractivity contribution in [3.05, 3.63) is 40.8 Å². The van der Waals surface area contributed by atoms with E-state index in [4.69, 9.17) is 13.9 Å². The Kier molecular flexibility index (Phi) is 4.52. The third-order valence-electron chi connectivity index (χ3n) is 3.62. The molecule has 0 unspecified atom stereocenters. The second-order valence-electron chi connectivity index (χ2n) is 5.10. The van der Waals surface area contributed by atoms with Gasteiger partial charge < -0.3 is 13.9 Å². The van der Waals surface area contributed by atoms with E-state index in [9.17, 15) is 4.79 Å². The third-order valence-corrected chi connectivity index (χ3v) is 3.62. The molecule has 2 aromatic rings. The summed E-state index contributed by atoms with van der Waals surface area (Å²) in [5.74, 6) is 0.735. The molecule has 112 valence electrons. The number of rotatable bonds is 5. The highest BCUT2D eigenvalue weighted by Crippen LogP contribution is 2.18. The number of nitrogens with zero attached hydrogens (tertiary/aromatic N) is 1. The van der Waals surface area contributed by atoms with E-state index < -0.39 is 0 Å². The molecular weight excluding hydrogens is 270 g/mol. The molecule has 1 saturated heterocycles. The van der Waals surface area contributed by atoms with Crippen LogP contribution in [-0.2, 0) is 4.74 Å². The Morgan fingerprint density at radius 1 is 1.19 bits per heavy atom. The second-order valence-corrected chi connectivity index (χ2v) is 5.10. The summed E-state index contributed by atoms with van der Waals surface area (Å²) in [5, 5.41) is 0.582. The van der Waals surface area contributed by atoms with Gasteiger partial charge in [0.1, 0.15) is 11.3 Å². The average molecular weight is 289 g/mol. The van der Waals surface area contributed by atoms with E-state index in [0.29, 0.717) is 17.6 Å². The van der Waals surface area contributed by atoms with Gasteiger partial charge in [0.25, 0.3) is 0 Å². The zero-order valence-electron chi connectivity index (χ0n) is 11.9. The monoisotopic (exact) mass is 289 g/mol. The molecule has 5 nitrogen and oxygen atoms in total. The zero-order chi connectivity index (χ0) is 14.5. The van der Waals surface area contributed by atoms with Crippen molar-refractivity contribution >= 4 is 11.0 Å². The first kappa shape index (κ1) is 14.1. The summed E-state index contributed by atoms with van der Waals surface area (Å²) >= 11 is 0. The van der Waals surface area contributed by atoms with Crippen molar-refractivity contribution in [1.29, 1.82) is 0 Å². The fourth-order valence-corrected chi connectivity index (χ4v) is 2.46. The summed E-state index contributed by atoms with van der Waals surface area (Å²) in [6.45, 7) is 5.32. The topological polar surface area (TPSA) is 51.9 Å². The van der Waals surface area contributed by atoms with E-state index in [1.54, 1.807) is 12.1 Å². The lowest BCUT2D eigenvalue weighted by Crippen LogP contribution is -2.37. The fraction of sp³-hybridized carbons (Fsp3) is 0.438. The highest BCUT2D eigenvalue weighted by molar-refractivity contribution is 5.77. The Labute approximate surface area is 123 Å². The predicted octanol–water partition coefficient (Wildman–Crippen LogP) is 1.89. The van der Waals surface area contributed by atoms with Gasteiger partial charge in [0.05, 0.1) is 31.5 Å². The van der Waals surface area contributed by atoms with Crippen molar-refractivity contribution < 1.29 is 13.9 Å². The van der Waals surface area contributed by atoms with Gasteiger partial charge in [-0.3, -0.25) is 9.69 Å². The van der Waals surface area contributed by atoms with Crippen molar-refractivity contribution in [2.75, 3.05) is 39.5 Å². The summed E-state index contributed by atoms with van der Waals surface area (Å²) in [5.41, 5.74) is 0.531. The molecule has 0 spiro atoms. The first-order chi connectivity index (χ1) is 10.3. The maximum absolute atomic E-state index is 11.6. The first-order valence-corrected chi connectivity index (χ1v) is 7.27. The van der Waals surface area contributed by atoms with Crippen LogP contribution >= 0.6 is 0 Å². The molecule has 21 heavy (non-hydrogen) atoms. The lowest BCUT2D eigenvalue weighted by Gasteiger charge is -2.26. The van der Waals surface area contributed by atoms with Gasteiger partial charge in [0.2, 0.25) is 0 Å². The van der Waals surface area contributed by atoms with Gasteiger partial charge in [-0.05, 0) is 18.6 Å². The maximum atomic E-state index is 11.6. The SMILES string of the molecule is O=c1ccoc2cc(OCCCN3CCOCC3)ccc12. The first-order valence-electron chi connectivity index (χ1n) is 7.27. The molecule has 2 heterocycles. The van der Waals surface area contributed by atoms with Crippen LogP contribution in [0.1, 0.15) is 6.42 Å². The molecule has 0 N–H and O–H groups in total. The normalized spacial score (nSPS) is 16.2. The molecule has 0 atom stereocenters. The van der Waals surface area contributed by atoms with Gasteiger partial charge in [-0.1, -0.05) is 0 Å². The van der Waals surface area contributed by atoms with Crippen LogP contribution in [0.5, 0.6) is 5.75 Å². The molecule has 3 rings (SSSR count). The molecule has 0 saturated carbocycles. The van der Waals surface area contributed by atoms with Gasteiger partial charge in [0.15, 0.2) is 5.43 Å². The second kappa shape index (κ2) is 6.74. The van der Waals surface area contributed by atoms with Crippen molar-refractivity contribution in [2.45, 2.75) is 6.42 Å². The van der Waals surface area contributed by atoms with Crippen LogP contribution in [0.2, 0.25) is 0 Å². The molecule has 1 aromatic carbocycles. The van der Waals surface area contributed by atoms with Gasteiger partial charge in [-0.25, -0.2) is 0 Å². The number of hydrogen-bond acceptors (Lipinski definition) is 5. The maximum Gasteiger partial charge on any atom is 0.192 e. The third kappa shape index (κ3) is 3.62. The average Bonchev–Trinajstić information content (AvgIpc) is 2.53. The Hall–Kier alpha value is -1.85. The van der Waals surface area contributed by atoms with Crippen LogP contribution < -0.4 is 10.2 Å². The minimum Gasteiger partial charge on any atom is -0.493 e. The van der Waals surface area contributed by atoms with Crippen LogP contribution in [0.25, 0.3) is 11.0 Å². The molecule has 1 aliphatic rings. The number of fused-ring (bicyclic) bond motifs is 1. The Balaban J connectivity index is 1.52. The van der Waals surface area contributed by atoms with Crippen LogP contribution in [-0.4, -0.2) is 44.4 Å². The van der Waals surface area contributed by atoms with Crippen molar-refractivity contribution in [3.63, 3.8) is 0 Å². The summed E-state index contributed by atoms with van der Waals surface area (Å²) in [4.78, 5) is 14.0. The Morgan fingerprint density at radius 2 is 2.05 bits per heavy atom. The molecule has 1 aromatic heterocycles. The quantitative estimate of drug-likeness (QED) is 0.787. The largest absolute Gasteiger partial charge is 0.493 e. The number of benzene rings is 1. The molecule has 0 aliphatic carbocycles. The molecule has 0 radical (unpaired) electrons. The van der Waals surface area contributed by atoms with Crippen LogP contribution in [0.3, 0.4) is 0 Å². The zero-order valence-corrected chi connectivity index (χ0v) is 11.9. The molecule has 1 aliphatic heterocycles. The molecule has 0 amide bonds. The summed E-state index contributed by atoms with van der Waals surface area (Å²) in [7, 11) is 0. The number of ether oxygens (including phenoxy) is 2. The highest BCUT2D eigenvalue weighted by Gasteiger charge is 2.09. The van der Waals surface area contributed by atoms with E-state index in [-0.39, 0.29) is 5.43 Å². The van der Waals surface area contributed by atoms with E-state index in [2.05, 4.69) is 4.90 Å². The smallest absolute Gasteiger partial charge is 0.192 e. The molecular formula is C16H19NO4. The lowest BCUT2D eigenvalue weighted by molar-refractivity contribution is 0.0358. The lowest BCUT2D eigenvalue weighted by atomic mass is 10.2. The predicted molar refractivity (Wildman–Crippen MR) is 79.9 cm³/mol. The molecule has 5 heteroatoms. The number of morpholine rings is 1. The van der Waals surface area contributed by atoms with Crippen LogP contribution in [0, 0.1) is 0 Å². The summed E-state index contributed by atoms with van der Waals surface area (Å²) in [6.07, 6.45) is 2.38. The summed E-state index contributed by atoms with van der Waals surface area (Å²) < 4.78 is 16.4. The molecule has 0 bridgehead atoms. The van der Waals surface area contributed by atoms with Gasteiger partial charge in [-0.2, -0.15) is 0 Å². The van der Waals surface area contributed by atoms with Gasteiger partial charge in [0, 0.05) is 31.8 Å². The summed E-state index contributed by atoms with van der Waals surface area (Å²) in [6, 6.07) is 6.75. The van der Waals surface area contributed by atoms with Crippen LogP contribution in [0.4, 0.5) is 0 Å². The van der Waals surface area contributed by atoms with E-state index >= 15 is 0 Å². The van der Waals surface area contributed by atoms with Crippen molar-refractivity contribution in [2.24, 2.45) is 0 Å². The molecule has 1 fully saturated rings. The number of hydrogen-bond donors (Lipinski definition) is 0. The van der Waals surface area contributed by atoms with Crippen molar-refractivity contribution in [3.8, 4) is 5.75 Å². The van der Waals surface area contributed by atoms with E-state index in [1.165, 1.54) is 12.3 Å². The van der Waals surface area contributed by atoms with E-state index in [0.717, 1.165) is 45.0 Å². The van der Waals surface area contributed by atoms with Gasteiger partial charge >= 0.3 is 0 Å². The Bertz CT molecular complexity index is 646. The van der Waals surface area contributed by atoms with Crippen molar-refractivity contribution in [1.82, 2.24) is 4.90 Å². The highest BCUT2D eigenvalue weighted by atomic mass is 16.5. The standard InChI is InChI=1S/C16H19NO4/c18-15-4-9-21-16-12-13(2-3-14(15)16)20-8-1-5-17-6-10-19-11-7-17/h2-4,9,12H,1,5-8,10-11H2. The van der Waals surface area contributed by atoms with E-state index in [1.807, 2.05) is 6.07 Å². The van der Waals surface area contributed by atoms with Crippen LogP contribution in [0.15, 0.2) is 39.7 Å². The fourth-order valence-electron chi connectivity index (χ4n) is 2.46. The minimum absolute atomic E-state index is 0.0323. The van der Waals surface area contributed by atoms with Gasteiger partial charge in [-0.15, -0.1) is 0 Å². The Morgan fingerprint density at radius 3 is 2.90 bits per heavy atom. The minimum atomic E-state index is -0.0323.